The smallest absolute Gasteiger partial charge is 0.125 e. The quantitative estimate of drug-likeness (QED) is 0.808. The Morgan fingerprint density at radius 1 is 1.43 bits per heavy atom. The number of alkyl halides is 1. The van der Waals surface area contributed by atoms with Gasteiger partial charge in [0.25, 0.3) is 0 Å². The molecule has 1 saturated heterocycles. The molecule has 0 spiro atoms. The minimum Gasteiger partial charge on any atom is -0.374 e. The largest absolute Gasteiger partial charge is 0.374 e. The standard InChI is InChI=1S/C15H19Cl2N3O/c1-2-19-6-7-21-11(9-19)10-20-13-5-3-4-12(17)15(13)18-14(20)8-16/h3-5,11H,2,6-10H2,1H3. The third kappa shape index (κ3) is 3.04. The Balaban J connectivity index is 1.90. The Morgan fingerprint density at radius 3 is 3.05 bits per heavy atom. The Bertz CT molecular complexity index is 629. The van der Waals surface area contributed by atoms with Gasteiger partial charge in [-0.25, -0.2) is 4.98 Å². The lowest BCUT2D eigenvalue weighted by Gasteiger charge is -2.32. The average Bonchev–Trinajstić information content (AvgIpc) is 2.87. The molecule has 1 aliphatic heterocycles. The molecule has 0 radical (unpaired) electrons. The van der Waals surface area contributed by atoms with E-state index in [1.807, 2.05) is 18.2 Å². The fourth-order valence-corrected chi connectivity index (χ4v) is 3.26. The average molecular weight is 328 g/mol. The predicted molar refractivity (Wildman–Crippen MR) is 86.2 cm³/mol. The van der Waals surface area contributed by atoms with Gasteiger partial charge in [0.15, 0.2) is 0 Å². The number of aromatic nitrogens is 2. The van der Waals surface area contributed by atoms with Gasteiger partial charge in [0.2, 0.25) is 0 Å². The van der Waals surface area contributed by atoms with E-state index < -0.39 is 0 Å². The highest BCUT2D eigenvalue weighted by atomic mass is 35.5. The number of halogens is 2. The van der Waals surface area contributed by atoms with E-state index in [1.54, 1.807) is 0 Å². The number of hydrogen-bond acceptors (Lipinski definition) is 3. The summed E-state index contributed by atoms with van der Waals surface area (Å²) >= 11 is 12.3. The summed E-state index contributed by atoms with van der Waals surface area (Å²) in [4.78, 5) is 6.97. The second-order valence-corrected chi connectivity index (χ2v) is 5.94. The maximum Gasteiger partial charge on any atom is 0.125 e. The van der Waals surface area contributed by atoms with E-state index in [9.17, 15) is 0 Å². The van der Waals surface area contributed by atoms with Crippen LogP contribution in [0.15, 0.2) is 18.2 Å². The van der Waals surface area contributed by atoms with Crippen LogP contribution in [-0.4, -0.2) is 46.8 Å². The summed E-state index contributed by atoms with van der Waals surface area (Å²) in [6.45, 7) is 6.72. The Kier molecular flexibility index (Phi) is 4.69. The van der Waals surface area contributed by atoms with Crippen molar-refractivity contribution >= 4 is 34.2 Å². The third-order valence-corrected chi connectivity index (χ3v) is 4.53. The molecule has 1 aromatic heterocycles. The highest BCUT2D eigenvalue weighted by molar-refractivity contribution is 6.35. The predicted octanol–water partition coefficient (Wildman–Crippen LogP) is 3.15. The number of nitrogens with zero attached hydrogens (tertiary/aromatic N) is 3. The van der Waals surface area contributed by atoms with Gasteiger partial charge in [-0.05, 0) is 18.7 Å². The molecule has 1 aromatic carbocycles. The van der Waals surface area contributed by atoms with Crippen LogP contribution in [-0.2, 0) is 17.2 Å². The Morgan fingerprint density at radius 2 is 2.29 bits per heavy atom. The molecule has 4 nitrogen and oxygen atoms in total. The zero-order valence-electron chi connectivity index (χ0n) is 12.1. The fraction of sp³-hybridized carbons (Fsp3) is 0.533. The second kappa shape index (κ2) is 6.53. The highest BCUT2D eigenvalue weighted by Crippen LogP contribution is 2.25. The lowest BCUT2D eigenvalue weighted by atomic mass is 10.2. The molecule has 0 amide bonds. The lowest BCUT2D eigenvalue weighted by Crippen LogP contribution is -2.44. The molecule has 21 heavy (non-hydrogen) atoms. The summed E-state index contributed by atoms with van der Waals surface area (Å²) in [5.41, 5.74) is 1.84. The molecule has 3 rings (SSSR count). The maximum atomic E-state index is 6.23. The van der Waals surface area contributed by atoms with Crippen molar-refractivity contribution in [3.05, 3.63) is 29.0 Å². The molecule has 0 saturated carbocycles. The summed E-state index contributed by atoms with van der Waals surface area (Å²) < 4.78 is 8.03. The SMILES string of the molecule is CCN1CCOC(Cn2c(CCl)nc3c(Cl)cccc32)C1. The molecule has 6 heteroatoms. The number of imidazole rings is 1. The van der Waals surface area contributed by atoms with Gasteiger partial charge in [-0.2, -0.15) is 0 Å². The molecule has 0 bridgehead atoms. The van der Waals surface area contributed by atoms with Gasteiger partial charge in [0.05, 0.1) is 35.7 Å². The van der Waals surface area contributed by atoms with E-state index in [4.69, 9.17) is 27.9 Å². The van der Waals surface area contributed by atoms with Crippen LogP contribution in [0.1, 0.15) is 12.7 Å². The first-order valence-electron chi connectivity index (χ1n) is 7.26. The van der Waals surface area contributed by atoms with E-state index in [0.717, 1.165) is 49.6 Å². The number of likely N-dealkylation sites (N-methyl/N-ethyl adjacent to an activating group) is 1. The topological polar surface area (TPSA) is 30.3 Å². The van der Waals surface area contributed by atoms with Gasteiger partial charge in [0, 0.05) is 13.1 Å². The number of rotatable bonds is 4. The molecule has 114 valence electrons. The minimum absolute atomic E-state index is 0.164. The van der Waals surface area contributed by atoms with E-state index in [-0.39, 0.29) is 6.10 Å². The normalized spacial score (nSPS) is 20.2. The first-order chi connectivity index (χ1) is 10.2. The van der Waals surface area contributed by atoms with Gasteiger partial charge in [-0.3, -0.25) is 4.90 Å². The summed E-state index contributed by atoms with van der Waals surface area (Å²) in [7, 11) is 0. The number of morpholine rings is 1. The zero-order valence-corrected chi connectivity index (χ0v) is 13.6. The van der Waals surface area contributed by atoms with E-state index in [1.165, 1.54) is 0 Å². The van der Waals surface area contributed by atoms with Gasteiger partial charge < -0.3 is 9.30 Å². The number of hydrogen-bond donors (Lipinski definition) is 0. The van der Waals surface area contributed by atoms with Crippen LogP contribution >= 0.6 is 23.2 Å². The molecule has 1 atom stereocenters. The molecule has 1 fully saturated rings. The molecule has 2 heterocycles. The van der Waals surface area contributed by atoms with Crippen molar-refractivity contribution in [2.45, 2.75) is 25.5 Å². The van der Waals surface area contributed by atoms with Crippen molar-refractivity contribution in [1.82, 2.24) is 14.5 Å². The van der Waals surface area contributed by atoms with Crippen molar-refractivity contribution in [3.8, 4) is 0 Å². The highest BCUT2D eigenvalue weighted by Gasteiger charge is 2.22. The third-order valence-electron chi connectivity index (χ3n) is 3.98. The van der Waals surface area contributed by atoms with Crippen molar-refractivity contribution in [2.24, 2.45) is 0 Å². The summed E-state index contributed by atoms with van der Waals surface area (Å²) in [6, 6.07) is 5.83. The summed E-state index contributed by atoms with van der Waals surface area (Å²) in [5.74, 6) is 1.21. The molecule has 1 unspecified atom stereocenters. The van der Waals surface area contributed by atoms with Gasteiger partial charge >= 0.3 is 0 Å². The van der Waals surface area contributed by atoms with E-state index >= 15 is 0 Å². The molecule has 1 aliphatic rings. The van der Waals surface area contributed by atoms with Crippen molar-refractivity contribution in [2.75, 3.05) is 26.2 Å². The van der Waals surface area contributed by atoms with E-state index in [0.29, 0.717) is 10.9 Å². The van der Waals surface area contributed by atoms with Crippen LogP contribution in [0.3, 0.4) is 0 Å². The first-order valence-corrected chi connectivity index (χ1v) is 8.17. The number of fused-ring (bicyclic) bond motifs is 1. The molecular formula is C15H19Cl2N3O. The molecule has 0 N–H and O–H groups in total. The second-order valence-electron chi connectivity index (χ2n) is 5.27. The van der Waals surface area contributed by atoms with E-state index in [2.05, 4.69) is 21.4 Å². The van der Waals surface area contributed by atoms with Crippen LogP contribution in [0.2, 0.25) is 5.02 Å². The zero-order chi connectivity index (χ0) is 14.8. The van der Waals surface area contributed by atoms with Crippen molar-refractivity contribution < 1.29 is 4.74 Å². The minimum atomic E-state index is 0.164. The van der Waals surface area contributed by atoms with Crippen LogP contribution in [0.5, 0.6) is 0 Å². The lowest BCUT2D eigenvalue weighted by molar-refractivity contribution is -0.0340. The summed E-state index contributed by atoms with van der Waals surface area (Å²) in [5, 5.41) is 0.664. The van der Waals surface area contributed by atoms with Crippen molar-refractivity contribution in [3.63, 3.8) is 0 Å². The van der Waals surface area contributed by atoms with Gasteiger partial charge in [-0.1, -0.05) is 24.6 Å². The van der Waals surface area contributed by atoms with Gasteiger partial charge in [0.1, 0.15) is 11.3 Å². The maximum absolute atomic E-state index is 6.23. The van der Waals surface area contributed by atoms with Crippen LogP contribution < -0.4 is 0 Å². The molecular weight excluding hydrogens is 309 g/mol. The Hall–Kier alpha value is -0.810. The monoisotopic (exact) mass is 327 g/mol. The fourth-order valence-electron chi connectivity index (χ4n) is 2.85. The van der Waals surface area contributed by atoms with Crippen molar-refractivity contribution in [1.29, 1.82) is 0 Å². The van der Waals surface area contributed by atoms with Crippen LogP contribution in [0, 0.1) is 0 Å². The summed E-state index contributed by atoms with van der Waals surface area (Å²) in [6.07, 6.45) is 0.164. The van der Waals surface area contributed by atoms with Crippen LogP contribution in [0.4, 0.5) is 0 Å². The number of benzene rings is 1. The van der Waals surface area contributed by atoms with Crippen LogP contribution in [0.25, 0.3) is 11.0 Å². The Labute approximate surface area is 134 Å². The first kappa shape index (κ1) is 15.1. The molecule has 2 aromatic rings. The number of para-hydroxylation sites is 1. The number of ether oxygens (including phenoxy) is 1. The van der Waals surface area contributed by atoms with Gasteiger partial charge in [-0.15, -0.1) is 11.6 Å². The molecule has 0 aliphatic carbocycles.